The number of halogens is 3. The summed E-state index contributed by atoms with van der Waals surface area (Å²) in [6.07, 6.45) is 1.81. The molecule has 2 aromatic heterocycles. The van der Waals surface area contributed by atoms with E-state index in [2.05, 4.69) is 15.4 Å². The van der Waals surface area contributed by atoms with E-state index in [-0.39, 0.29) is 0 Å². The number of nitrogens with zero attached hydrogens (tertiary/aromatic N) is 3. The Morgan fingerprint density at radius 1 is 1.24 bits per heavy atom. The highest BCUT2D eigenvalue weighted by Gasteiger charge is 2.30. The van der Waals surface area contributed by atoms with E-state index in [9.17, 15) is 13.2 Å². The van der Waals surface area contributed by atoms with Crippen LogP contribution in [0.3, 0.4) is 0 Å². The number of nitrogens with one attached hydrogen (secondary N) is 1. The fraction of sp³-hybridized carbons (Fsp3) is 0.429. The summed E-state index contributed by atoms with van der Waals surface area (Å²) in [5, 5.41) is 7.36. The highest BCUT2D eigenvalue weighted by molar-refractivity contribution is 5.27. The van der Waals surface area contributed by atoms with E-state index in [4.69, 9.17) is 0 Å². The molecule has 21 heavy (non-hydrogen) atoms. The fourth-order valence-corrected chi connectivity index (χ4v) is 1.90. The molecule has 0 unspecified atom stereocenters. The second-order valence-electron chi connectivity index (χ2n) is 4.65. The number of hydrogen-bond donors (Lipinski definition) is 1. The Balaban J connectivity index is 2.00. The van der Waals surface area contributed by atoms with Crippen molar-refractivity contribution < 1.29 is 13.2 Å². The lowest BCUT2D eigenvalue weighted by Gasteiger charge is -2.06. The molecule has 2 rings (SSSR count). The third kappa shape index (κ3) is 4.29. The van der Waals surface area contributed by atoms with Gasteiger partial charge in [0.15, 0.2) is 5.82 Å². The Kier molecular flexibility index (Phi) is 4.95. The minimum absolute atomic E-state index is 0.376. The van der Waals surface area contributed by atoms with E-state index >= 15 is 0 Å². The monoisotopic (exact) mass is 298 g/mol. The Morgan fingerprint density at radius 2 is 2.05 bits per heavy atom. The summed E-state index contributed by atoms with van der Waals surface area (Å²) in [6.45, 7) is 3.92. The van der Waals surface area contributed by atoms with Crippen molar-refractivity contribution >= 4 is 0 Å². The lowest BCUT2D eigenvalue weighted by atomic mass is 10.2. The highest BCUT2D eigenvalue weighted by Crippen LogP contribution is 2.28. The lowest BCUT2D eigenvalue weighted by molar-refractivity contribution is -0.137. The van der Waals surface area contributed by atoms with Gasteiger partial charge in [-0.25, -0.2) is 9.67 Å². The Labute approximate surface area is 121 Å². The summed E-state index contributed by atoms with van der Waals surface area (Å²) >= 11 is 0. The van der Waals surface area contributed by atoms with Crippen LogP contribution in [-0.4, -0.2) is 27.9 Å². The van der Waals surface area contributed by atoms with Crippen molar-refractivity contribution in [3.63, 3.8) is 0 Å². The number of hydrogen-bond acceptors (Lipinski definition) is 3. The third-order valence-electron chi connectivity index (χ3n) is 3.01. The SMILES string of the molecule is CCNCCCc1cnn(-c2ccc(C(F)(F)F)cn2)c1. The van der Waals surface area contributed by atoms with Crippen LogP contribution in [0.1, 0.15) is 24.5 Å². The topological polar surface area (TPSA) is 42.7 Å². The normalized spacial score (nSPS) is 11.8. The second kappa shape index (κ2) is 6.71. The molecule has 0 aliphatic carbocycles. The zero-order chi connectivity index (χ0) is 15.3. The molecule has 0 fully saturated rings. The molecular formula is C14H17F3N4. The van der Waals surface area contributed by atoms with E-state index in [1.54, 1.807) is 12.4 Å². The zero-order valence-corrected chi connectivity index (χ0v) is 11.7. The fourth-order valence-electron chi connectivity index (χ4n) is 1.90. The average Bonchev–Trinajstić information content (AvgIpc) is 2.92. The summed E-state index contributed by atoms with van der Waals surface area (Å²) in [7, 11) is 0. The zero-order valence-electron chi connectivity index (χ0n) is 11.7. The lowest BCUT2D eigenvalue weighted by Crippen LogP contribution is -2.14. The first kappa shape index (κ1) is 15.5. The van der Waals surface area contributed by atoms with Crippen LogP contribution in [-0.2, 0) is 12.6 Å². The summed E-state index contributed by atoms with van der Waals surface area (Å²) in [6, 6.07) is 2.33. The Hall–Kier alpha value is -1.89. The van der Waals surface area contributed by atoms with Gasteiger partial charge in [-0.2, -0.15) is 18.3 Å². The van der Waals surface area contributed by atoms with Gasteiger partial charge in [-0.3, -0.25) is 0 Å². The van der Waals surface area contributed by atoms with Crippen molar-refractivity contribution in [2.45, 2.75) is 25.9 Å². The quantitative estimate of drug-likeness (QED) is 0.834. The molecular weight excluding hydrogens is 281 g/mol. The van der Waals surface area contributed by atoms with Crippen LogP contribution in [0.15, 0.2) is 30.7 Å². The average molecular weight is 298 g/mol. The van der Waals surface area contributed by atoms with Crippen molar-refractivity contribution in [2.24, 2.45) is 0 Å². The van der Waals surface area contributed by atoms with Gasteiger partial charge in [-0.1, -0.05) is 6.92 Å². The summed E-state index contributed by atoms with van der Waals surface area (Å²) < 4.78 is 38.9. The van der Waals surface area contributed by atoms with E-state index in [0.717, 1.165) is 43.8 Å². The van der Waals surface area contributed by atoms with Crippen molar-refractivity contribution in [3.05, 3.63) is 41.9 Å². The third-order valence-corrected chi connectivity index (χ3v) is 3.01. The molecule has 0 bridgehead atoms. The highest BCUT2D eigenvalue weighted by atomic mass is 19.4. The van der Waals surface area contributed by atoms with E-state index in [1.807, 2.05) is 6.92 Å². The number of alkyl halides is 3. The van der Waals surface area contributed by atoms with Gasteiger partial charge in [0.2, 0.25) is 0 Å². The molecule has 1 N–H and O–H groups in total. The van der Waals surface area contributed by atoms with Crippen molar-refractivity contribution in [2.75, 3.05) is 13.1 Å². The summed E-state index contributed by atoms with van der Waals surface area (Å²) in [5.74, 6) is 0.376. The van der Waals surface area contributed by atoms with Gasteiger partial charge in [0, 0.05) is 12.4 Å². The molecule has 0 spiro atoms. The maximum Gasteiger partial charge on any atom is 0.417 e. The number of aromatic nitrogens is 3. The molecule has 7 heteroatoms. The standard InChI is InChI=1S/C14H17F3N4/c1-2-18-7-3-4-11-8-20-21(10-11)13-6-5-12(9-19-13)14(15,16)17/h5-6,8-10,18H,2-4,7H2,1H3. The van der Waals surface area contributed by atoms with Gasteiger partial charge in [-0.15, -0.1) is 0 Å². The van der Waals surface area contributed by atoms with Crippen LogP contribution in [0.4, 0.5) is 13.2 Å². The summed E-state index contributed by atoms with van der Waals surface area (Å²) in [4.78, 5) is 3.81. The number of rotatable bonds is 6. The van der Waals surface area contributed by atoms with Gasteiger partial charge in [-0.05, 0) is 43.6 Å². The molecule has 0 aliphatic rings. The predicted octanol–water partition coefficient (Wildman–Crippen LogP) is 2.83. The maximum absolute atomic E-state index is 12.5. The van der Waals surface area contributed by atoms with Crippen LogP contribution in [0.25, 0.3) is 5.82 Å². The first-order chi connectivity index (χ1) is 10.0. The van der Waals surface area contributed by atoms with Crippen LogP contribution in [0, 0.1) is 0 Å². The Morgan fingerprint density at radius 3 is 2.67 bits per heavy atom. The molecule has 0 saturated heterocycles. The second-order valence-corrected chi connectivity index (χ2v) is 4.65. The Bertz CT molecular complexity index is 560. The molecule has 0 atom stereocenters. The molecule has 0 amide bonds. The molecule has 0 saturated carbocycles. The predicted molar refractivity (Wildman–Crippen MR) is 73.2 cm³/mol. The van der Waals surface area contributed by atoms with E-state index in [0.29, 0.717) is 5.82 Å². The van der Waals surface area contributed by atoms with E-state index in [1.165, 1.54) is 10.7 Å². The van der Waals surface area contributed by atoms with Crippen LogP contribution < -0.4 is 5.32 Å². The smallest absolute Gasteiger partial charge is 0.317 e. The van der Waals surface area contributed by atoms with Gasteiger partial charge < -0.3 is 5.32 Å². The van der Waals surface area contributed by atoms with Gasteiger partial charge in [0.1, 0.15) is 0 Å². The number of pyridine rings is 1. The molecule has 2 heterocycles. The van der Waals surface area contributed by atoms with Crippen LogP contribution in [0.5, 0.6) is 0 Å². The minimum Gasteiger partial charge on any atom is -0.317 e. The molecule has 0 radical (unpaired) electrons. The molecule has 114 valence electrons. The van der Waals surface area contributed by atoms with Gasteiger partial charge in [0.25, 0.3) is 0 Å². The van der Waals surface area contributed by atoms with Crippen molar-refractivity contribution in [1.82, 2.24) is 20.1 Å². The van der Waals surface area contributed by atoms with Crippen molar-refractivity contribution in [1.29, 1.82) is 0 Å². The summed E-state index contributed by atoms with van der Waals surface area (Å²) in [5.41, 5.74) is 0.277. The van der Waals surface area contributed by atoms with Crippen molar-refractivity contribution in [3.8, 4) is 5.82 Å². The number of aryl methyl sites for hydroxylation is 1. The van der Waals surface area contributed by atoms with Crippen LogP contribution in [0.2, 0.25) is 0 Å². The first-order valence-corrected chi connectivity index (χ1v) is 6.78. The first-order valence-electron chi connectivity index (χ1n) is 6.78. The van der Waals surface area contributed by atoms with E-state index < -0.39 is 11.7 Å². The van der Waals surface area contributed by atoms with Crippen LogP contribution >= 0.6 is 0 Å². The maximum atomic E-state index is 12.5. The van der Waals surface area contributed by atoms with Gasteiger partial charge >= 0.3 is 6.18 Å². The minimum atomic E-state index is -4.37. The molecule has 0 aliphatic heterocycles. The molecule has 4 nitrogen and oxygen atoms in total. The van der Waals surface area contributed by atoms with Gasteiger partial charge in [0.05, 0.1) is 11.8 Å². The molecule has 0 aromatic carbocycles. The molecule has 2 aromatic rings. The largest absolute Gasteiger partial charge is 0.417 e.